The number of carbonyl (C=O) groups is 1. The van der Waals surface area contributed by atoms with E-state index in [-0.39, 0.29) is 11.0 Å². The van der Waals surface area contributed by atoms with E-state index in [9.17, 15) is 4.79 Å². The minimum absolute atomic E-state index is 0.211. The lowest BCUT2D eigenvalue weighted by Crippen LogP contribution is -2.42. The van der Waals surface area contributed by atoms with Crippen molar-refractivity contribution in [2.24, 2.45) is 0 Å². The fraction of sp³-hybridized carbons (Fsp3) is 0.176. The zero-order chi connectivity index (χ0) is 17.5. The molecule has 126 valence electrons. The largest absolute Gasteiger partial charge is 0.497 e. The normalized spacial score (nSPS) is 11.3. The Balaban J connectivity index is 1.85. The van der Waals surface area contributed by atoms with Gasteiger partial charge in [-0.05, 0) is 90.3 Å². The first-order valence-electron chi connectivity index (χ1n) is 7.16. The topological polar surface area (TPSA) is 59.6 Å². The summed E-state index contributed by atoms with van der Waals surface area (Å²) < 4.78 is 11.8. The van der Waals surface area contributed by atoms with Crippen LogP contribution in [0.25, 0.3) is 0 Å². The van der Waals surface area contributed by atoms with E-state index in [1.807, 2.05) is 36.4 Å². The Morgan fingerprint density at radius 1 is 1.08 bits per heavy atom. The highest BCUT2D eigenvalue weighted by Crippen LogP contribution is 2.16. The maximum atomic E-state index is 12.1. The van der Waals surface area contributed by atoms with Crippen LogP contribution in [0.4, 0.5) is 5.69 Å². The molecule has 2 aromatic carbocycles. The van der Waals surface area contributed by atoms with Crippen molar-refractivity contribution in [1.82, 2.24) is 5.32 Å². The smallest absolute Gasteiger partial charge is 0.266 e. The van der Waals surface area contributed by atoms with Gasteiger partial charge in [-0.2, -0.15) is 0 Å². The van der Waals surface area contributed by atoms with Crippen LogP contribution in [0, 0.1) is 3.57 Å². The Bertz CT molecular complexity index is 705. The van der Waals surface area contributed by atoms with Gasteiger partial charge in [-0.1, -0.05) is 0 Å². The zero-order valence-corrected chi connectivity index (χ0v) is 16.2. The number of hydrogen-bond acceptors (Lipinski definition) is 4. The molecule has 2 aromatic rings. The molecular weight excluding hydrogens is 439 g/mol. The Labute approximate surface area is 159 Å². The quantitative estimate of drug-likeness (QED) is 0.532. The average molecular weight is 456 g/mol. The second kappa shape index (κ2) is 8.84. The third-order valence-corrected chi connectivity index (χ3v) is 4.00. The van der Waals surface area contributed by atoms with E-state index >= 15 is 0 Å². The van der Waals surface area contributed by atoms with Crippen molar-refractivity contribution in [2.75, 3.05) is 12.4 Å². The Hall–Kier alpha value is -1.87. The van der Waals surface area contributed by atoms with Gasteiger partial charge in [0.2, 0.25) is 0 Å². The fourth-order valence-electron chi connectivity index (χ4n) is 1.82. The number of nitrogens with one attached hydrogen (secondary N) is 2. The molecule has 0 aromatic heterocycles. The summed E-state index contributed by atoms with van der Waals surface area (Å²) in [5, 5.41) is 5.76. The Morgan fingerprint density at radius 3 is 2.25 bits per heavy atom. The third-order valence-electron chi connectivity index (χ3n) is 3.08. The molecule has 24 heavy (non-hydrogen) atoms. The first-order valence-corrected chi connectivity index (χ1v) is 8.65. The SMILES string of the molecule is COc1ccc(NC(=S)NC(=O)C(C)Oc2ccc(I)cc2)cc1. The summed E-state index contributed by atoms with van der Waals surface area (Å²) in [6.07, 6.45) is -0.666. The molecule has 5 nitrogen and oxygen atoms in total. The van der Waals surface area contributed by atoms with E-state index in [0.717, 1.165) is 15.0 Å². The first kappa shape index (κ1) is 18.5. The van der Waals surface area contributed by atoms with Crippen molar-refractivity contribution in [1.29, 1.82) is 0 Å². The summed E-state index contributed by atoms with van der Waals surface area (Å²) in [6.45, 7) is 1.67. The van der Waals surface area contributed by atoms with Crippen LogP contribution >= 0.6 is 34.8 Å². The lowest BCUT2D eigenvalue weighted by Gasteiger charge is -2.16. The van der Waals surface area contributed by atoms with Crippen molar-refractivity contribution in [2.45, 2.75) is 13.0 Å². The van der Waals surface area contributed by atoms with Gasteiger partial charge in [0.05, 0.1) is 7.11 Å². The van der Waals surface area contributed by atoms with Gasteiger partial charge in [-0.15, -0.1) is 0 Å². The number of rotatable bonds is 5. The van der Waals surface area contributed by atoms with Crippen LogP contribution in [0.1, 0.15) is 6.92 Å². The highest BCUT2D eigenvalue weighted by Gasteiger charge is 2.16. The van der Waals surface area contributed by atoms with Crippen molar-refractivity contribution < 1.29 is 14.3 Å². The molecular formula is C17H17IN2O3S. The fourth-order valence-corrected chi connectivity index (χ4v) is 2.40. The lowest BCUT2D eigenvalue weighted by molar-refractivity contribution is -0.125. The molecule has 2 rings (SSSR count). The molecule has 1 atom stereocenters. The minimum atomic E-state index is -0.666. The third kappa shape index (κ3) is 5.64. The van der Waals surface area contributed by atoms with Crippen LogP contribution in [0.5, 0.6) is 11.5 Å². The summed E-state index contributed by atoms with van der Waals surface area (Å²) in [7, 11) is 1.60. The predicted molar refractivity (Wildman–Crippen MR) is 107 cm³/mol. The summed E-state index contributed by atoms with van der Waals surface area (Å²) in [5.74, 6) is 1.06. The van der Waals surface area contributed by atoms with E-state index in [0.29, 0.717) is 5.75 Å². The van der Waals surface area contributed by atoms with Crippen molar-refractivity contribution in [3.63, 3.8) is 0 Å². The van der Waals surface area contributed by atoms with Crippen LogP contribution in [0.3, 0.4) is 0 Å². The molecule has 0 aliphatic rings. The second-order valence-electron chi connectivity index (χ2n) is 4.89. The molecule has 0 bridgehead atoms. The summed E-state index contributed by atoms with van der Waals surface area (Å²) in [5.41, 5.74) is 0.757. The number of methoxy groups -OCH3 is 1. The van der Waals surface area contributed by atoms with E-state index in [4.69, 9.17) is 21.7 Å². The van der Waals surface area contributed by atoms with Crippen LogP contribution in [-0.2, 0) is 4.79 Å². The average Bonchev–Trinajstić information content (AvgIpc) is 2.57. The number of thiocarbonyl (C=S) groups is 1. The van der Waals surface area contributed by atoms with E-state index in [1.165, 1.54) is 0 Å². The number of halogens is 1. The number of benzene rings is 2. The van der Waals surface area contributed by atoms with Crippen LogP contribution in [-0.4, -0.2) is 24.2 Å². The minimum Gasteiger partial charge on any atom is -0.497 e. The number of amides is 1. The lowest BCUT2D eigenvalue weighted by atomic mass is 10.3. The second-order valence-corrected chi connectivity index (χ2v) is 6.54. The van der Waals surface area contributed by atoms with Gasteiger partial charge in [-0.3, -0.25) is 10.1 Å². The number of anilines is 1. The van der Waals surface area contributed by atoms with Crippen LogP contribution in [0.2, 0.25) is 0 Å². The zero-order valence-electron chi connectivity index (χ0n) is 13.2. The molecule has 0 fully saturated rings. The summed E-state index contributed by atoms with van der Waals surface area (Å²) in [6, 6.07) is 14.7. The first-order chi connectivity index (χ1) is 11.5. The number of carbonyl (C=O) groups excluding carboxylic acids is 1. The Morgan fingerprint density at radius 2 is 1.67 bits per heavy atom. The van der Waals surface area contributed by atoms with Crippen LogP contribution in [0.15, 0.2) is 48.5 Å². The maximum absolute atomic E-state index is 12.1. The standard InChI is InChI=1S/C17H17IN2O3S/c1-11(23-15-7-3-12(18)4-8-15)16(21)20-17(24)19-13-5-9-14(22-2)10-6-13/h3-11H,1-2H3,(H2,19,20,21,24). The van der Waals surface area contributed by atoms with Gasteiger partial charge in [0, 0.05) is 9.26 Å². The molecule has 0 spiro atoms. The van der Waals surface area contributed by atoms with E-state index in [1.54, 1.807) is 26.2 Å². The monoisotopic (exact) mass is 456 g/mol. The van der Waals surface area contributed by atoms with Gasteiger partial charge in [-0.25, -0.2) is 0 Å². The molecule has 0 aliphatic heterocycles. The number of hydrogen-bond donors (Lipinski definition) is 2. The molecule has 2 N–H and O–H groups in total. The van der Waals surface area contributed by atoms with Gasteiger partial charge in [0.25, 0.3) is 5.91 Å². The van der Waals surface area contributed by atoms with E-state index < -0.39 is 6.10 Å². The van der Waals surface area contributed by atoms with Gasteiger partial charge >= 0.3 is 0 Å². The molecule has 0 heterocycles. The highest BCUT2D eigenvalue weighted by atomic mass is 127. The van der Waals surface area contributed by atoms with Crippen molar-refractivity contribution in [3.8, 4) is 11.5 Å². The molecule has 1 amide bonds. The van der Waals surface area contributed by atoms with Crippen molar-refractivity contribution in [3.05, 3.63) is 52.1 Å². The summed E-state index contributed by atoms with van der Waals surface area (Å²) in [4.78, 5) is 12.1. The highest BCUT2D eigenvalue weighted by molar-refractivity contribution is 14.1. The van der Waals surface area contributed by atoms with Gasteiger partial charge in [0.15, 0.2) is 11.2 Å². The van der Waals surface area contributed by atoms with Gasteiger partial charge in [0.1, 0.15) is 11.5 Å². The predicted octanol–water partition coefficient (Wildman–Crippen LogP) is 3.58. The molecule has 1 unspecified atom stereocenters. The van der Waals surface area contributed by atoms with Crippen molar-refractivity contribution >= 4 is 51.5 Å². The summed E-state index contributed by atoms with van der Waals surface area (Å²) >= 11 is 7.35. The molecule has 7 heteroatoms. The van der Waals surface area contributed by atoms with E-state index in [2.05, 4.69) is 33.2 Å². The molecule has 0 aliphatic carbocycles. The molecule has 0 saturated carbocycles. The van der Waals surface area contributed by atoms with Gasteiger partial charge < -0.3 is 14.8 Å². The molecule has 0 radical (unpaired) electrons. The maximum Gasteiger partial charge on any atom is 0.266 e. The molecule has 0 saturated heterocycles. The Kier molecular flexibility index (Phi) is 6.80. The van der Waals surface area contributed by atoms with Crippen LogP contribution < -0.4 is 20.1 Å². The number of ether oxygens (including phenoxy) is 2.